The van der Waals surface area contributed by atoms with Crippen molar-refractivity contribution in [2.45, 2.75) is 12.8 Å². The van der Waals surface area contributed by atoms with Crippen LogP contribution in [-0.4, -0.2) is 34.4 Å². The summed E-state index contributed by atoms with van der Waals surface area (Å²) in [6.07, 6.45) is 1.60. The van der Waals surface area contributed by atoms with Gasteiger partial charge in [-0.05, 0) is 25.0 Å². The quantitative estimate of drug-likeness (QED) is 0.914. The molecule has 1 aliphatic heterocycles. The van der Waals surface area contributed by atoms with E-state index in [0.29, 0.717) is 11.6 Å². The summed E-state index contributed by atoms with van der Waals surface area (Å²) in [4.78, 5) is 13.1. The molecule has 21 heavy (non-hydrogen) atoms. The molecule has 110 valence electrons. The van der Waals surface area contributed by atoms with Gasteiger partial charge in [0.2, 0.25) is 0 Å². The Kier molecular flexibility index (Phi) is 3.84. The Morgan fingerprint density at radius 2 is 2.29 bits per heavy atom. The van der Waals surface area contributed by atoms with E-state index in [9.17, 15) is 4.79 Å². The minimum absolute atomic E-state index is 0.315. The highest BCUT2D eigenvalue weighted by Crippen LogP contribution is 2.27. The summed E-state index contributed by atoms with van der Waals surface area (Å²) < 4.78 is 0. The van der Waals surface area contributed by atoms with Crippen molar-refractivity contribution in [3.8, 4) is 11.3 Å². The predicted molar refractivity (Wildman–Crippen MR) is 81.6 cm³/mol. The van der Waals surface area contributed by atoms with Crippen molar-refractivity contribution < 1.29 is 9.90 Å². The number of anilines is 1. The number of carboxylic acid groups (broad SMARTS) is 1. The Balaban J connectivity index is 1.80. The topological polar surface area (TPSA) is 69.2 Å². The van der Waals surface area contributed by atoms with Crippen LogP contribution >= 0.6 is 11.6 Å². The number of aromatic nitrogens is 2. The largest absolute Gasteiger partial charge is 0.481 e. The number of aromatic amines is 1. The van der Waals surface area contributed by atoms with Crippen molar-refractivity contribution in [3.63, 3.8) is 0 Å². The van der Waals surface area contributed by atoms with Gasteiger partial charge in [-0.2, -0.15) is 5.10 Å². The van der Waals surface area contributed by atoms with Gasteiger partial charge in [0, 0.05) is 29.7 Å². The third-order valence-corrected chi connectivity index (χ3v) is 4.03. The maximum Gasteiger partial charge on any atom is 0.308 e. The smallest absolute Gasteiger partial charge is 0.308 e. The Morgan fingerprint density at radius 1 is 1.43 bits per heavy atom. The Hall–Kier alpha value is -2.01. The third kappa shape index (κ3) is 3.03. The van der Waals surface area contributed by atoms with Crippen LogP contribution < -0.4 is 4.90 Å². The second-order valence-electron chi connectivity index (χ2n) is 5.27. The number of carbonyl (C=O) groups is 1. The molecule has 0 amide bonds. The molecule has 3 rings (SSSR count). The molecule has 1 saturated heterocycles. The molecule has 2 aromatic rings. The standard InChI is InChI=1S/C15H16ClN3O2/c16-12-5-1-3-10(7-12)13-8-14(18-17-13)19-6-2-4-11(9-19)15(20)21/h1,3,5,7-8,11H,2,4,6,9H2,(H,17,18)(H,20,21). The van der Waals surface area contributed by atoms with Crippen molar-refractivity contribution >= 4 is 23.4 Å². The van der Waals surface area contributed by atoms with E-state index in [-0.39, 0.29) is 5.92 Å². The zero-order valence-electron chi connectivity index (χ0n) is 11.4. The number of H-pyrrole nitrogens is 1. The van der Waals surface area contributed by atoms with Gasteiger partial charge in [-0.25, -0.2) is 0 Å². The second kappa shape index (κ2) is 5.77. The van der Waals surface area contributed by atoms with Gasteiger partial charge in [-0.15, -0.1) is 0 Å². The Bertz CT molecular complexity index is 656. The number of carboxylic acids is 1. The van der Waals surface area contributed by atoms with E-state index in [0.717, 1.165) is 36.5 Å². The highest BCUT2D eigenvalue weighted by Gasteiger charge is 2.26. The molecule has 0 spiro atoms. The Morgan fingerprint density at radius 3 is 3.05 bits per heavy atom. The zero-order chi connectivity index (χ0) is 14.8. The van der Waals surface area contributed by atoms with Crippen LogP contribution in [0.4, 0.5) is 5.82 Å². The lowest BCUT2D eigenvalue weighted by Crippen LogP contribution is -2.38. The highest BCUT2D eigenvalue weighted by molar-refractivity contribution is 6.30. The van der Waals surface area contributed by atoms with Gasteiger partial charge in [0.05, 0.1) is 11.6 Å². The van der Waals surface area contributed by atoms with Gasteiger partial charge in [0.25, 0.3) is 0 Å². The first-order valence-corrected chi connectivity index (χ1v) is 7.30. The van der Waals surface area contributed by atoms with E-state index >= 15 is 0 Å². The van der Waals surface area contributed by atoms with Gasteiger partial charge in [0.15, 0.2) is 5.82 Å². The van der Waals surface area contributed by atoms with Crippen LogP contribution in [0.5, 0.6) is 0 Å². The van der Waals surface area contributed by atoms with Gasteiger partial charge >= 0.3 is 5.97 Å². The second-order valence-corrected chi connectivity index (χ2v) is 5.71. The van der Waals surface area contributed by atoms with Crippen LogP contribution in [0.3, 0.4) is 0 Å². The molecule has 1 aliphatic rings. The SMILES string of the molecule is O=C(O)C1CCCN(c2cc(-c3cccc(Cl)c3)[nH]n2)C1. The number of aliphatic carboxylic acids is 1. The lowest BCUT2D eigenvalue weighted by Gasteiger charge is -2.30. The predicted octanol–water partition coefficient (Wildman–Crippen LogP) is 3.03. The number of hydrogen-bond donors (Lipinski definition) is 2. The number of piperidine rings is 1. The number of nitrogens with zero attached hydrogens (tertiary/aromatic N) is 2. The maximum absolute atomic E-state index is 11.1. The molecule has 0 bridgehead atoms. The number of hydrogen-bond acceptors (Lipinski definition) is 3. The molecule has 1 unspecified atom stereocenters. The summed E-state index contributed by atoms with van der Waals surface area (Å²) in [7, 11) is 0. The van der Waals surface area contributed by atoms with E-state index in [1.165, 1.54) is 0 Å². The van der Waals surface area contributed by atoms with Crippen molar-refractivity contribution in [1.29, 1.82) is 0 Å². The van der Waals surface area contributed by atoms with E-state index in [4.69, 9.17) is 16.7 Å². The average Bonchev–Trinajstić information content (AvgIpc) is 2.97. The molecule has 0 radical (unpaired) electrons. The first-order valence-electron chi connectivity index (χ1n) is 6.92. The van der Waals surface area contributed by atoms with Crippen LogP contribution in [-0.2, 0) is 4.79 Å². The third-order valence-electron chi connectivity index (χ3n) is 3.79. The van der Waals surface area contributed by atoms with Crippen LogP contribution in [0.1, 0.15) is 12.8 Å². The molecule has 5 nitrogen and oxygen atoms in total. The van der Waals surface area contributed by atoms with E-state index in [1.807, 2.05) is 35.2 Å². The lowest BCUT2D eigenvalue weighted by atomic mass is 9.98. The molecule has 6 heteroatoms. The number of benzene rings is 1. The maximum atomic E-state index is 11.1. The lowest BCUT2D eigenvalue weighted by molar-refractivity contribution is -0.141. The molecular weight excluding hydrogens is 290 g/mol. The summed E-state index contributed by atoms with van der Waals surface area (Å²) >= 11 is 5.99. The van der Waals surface area contributed by atoms with E-state index in [1.54, 1.807) is 0 Å². The first kappa shape index (κ1) is 13.9. The molecule has 2 N–H and O–H groups in total. The summed E-state index contributed by atoms with van der Waals surface area (Å²) in [6, 6.07) is 9.48. The summed E-state index contributed by atoms with van der Waals surface area (Å²) in [6.45, 7) is 1.35. The molecular formula is C15H16ClN3O2. The van der Waals surface area contributed by atoms with Crippen LogP contribution in [0.15, 0.2) is 30.3 Å². The van der Waals surface area contributed by atoms with Gasteiger partial charge < -0.3 is 10.0 Å². The fourth-order valence-corrected chi connectivity index (χ4v) is 2.85. The first-order chi connectivity index (χ1) is 10.1. The summed E-state index contributed by atoms with van der Waals surface area (Å²) in [5.74, 6) is -0.258. The molecule has 0 saturated carbocycles. The molecule has 1 fully saturated rings. The summed E-state index contributed by atoms with van der Waals surface area (Å²) in [5, 5.41) is 17.1. The number of rotatable bonds is 3. The minimum Gasteiger partial charge on any atom is -0.481 e. The average molecular weight is 306 g/mol. The van der Waals surface area contributed by atoms with Gasteiger partial charge in [0.1, 0.15) is 0 Å². The number of nitrogens with one attached hydrogen (secondary N) is 1. The zero-order valence-corrected chi connectivity index (χ0v) is 12.2. The van der Waals surface area contributed by atoms with Gasteiger partial charge in [-0.3, -0.25) is 9.89 Å². The van der Waals surface area contributed by atoms with Crippen molar-refractivity contribution in [2.75, 3.05) is 18.0 Å². The minimum atomic E-state index is -0.731. The van der Waals surface area contributed by atoms with Crippen LogP contribution in [0.25, 0.3) is 11.3 Å². The van der Waals surface area contributed by atoms with Gasteiger partial charge in [-0.1, -0.05) is 23.7 Å². The summed E-state index contributed by atoms with van der Waals surface area (Å²) in [5.41, 5.74) is 1.85. The highest BCUT2D eigenvalue weighted by atomic mass is 35.5. The molecule has 1 atom stereocenters. The molecule has 1 aromatic heterocycles. The normalized spacial score (nSPS) is 18.7. The molecule has 2 heterocycles. The van der Waals surface area contributed by atoms with Crippen LogP contribution in [0, 0.1) is 5.92 Å². The van der Waals surface area contributed by atoms with Crippen LogP contribution in [0.2, 0.25) is 5.02 Å². The number of halogens is 1. The molecule has 0 aliphatic carbocycles. The van der Waals surface area contributed by atoms with Crippen molar-refractivity contribution in [2.24, 2.45) is 5.92 Å². The van der Waals surface area contributed by atoms with Crippen molar-refractivity contribution in [1.82, 2.24) is 10.2 Å². The van der Waals surface area contributed by atoms with E-state index in [2.05, 4.69) is 10.2 Å². The fraction of sp³-hybridized carbons (Fsp3) is 0.333. The van der Waals surface area contributed by atoms with E-state index < -0.39 is 5.97 Å². The van der Waals surface area contributed by atoms with Crippen molar-refractivity contribution in [3.05, 3.63) is 35.4 Å². The fourth-order valence-electron chi connectivity index (χ4n) is 2.66. The Labute approximate surface area is 127 Å². The molecule has 1 aromatic carbocycles. The monoisotopic (exact) mass is 305 g/mol.